The molecule has 5 nitrogen and oxygen atoms in total. The first-order chi connectivity index (χ1) is 10.8. The molecular formula is C14H10ClF3N2O3. The largest absolute Gasteiger partial charge is 0.416 e. The van der Waals surface area contributed by atoms with Crippen LogP contribution in [0.5, 0.6) is 0 Å². The highest BCUT2D eigenvalue weighted by Gasteiger charge is 2.34. The van der Waals surface area contributed by atoms with E-state index in [9.17, 15) is 23.3 Å². The van der Waals surface area contributed by atoms with Gasteiger partial charge in [0.1, 0.15) is 10.7 Å². The quantitative estimate of drug-likeness (QED) is 0.593. The van der Waals surface area contributed by atoms with Crippen LogP contribution in [0.2, 0.25) is 5.02 Å². The van der Waals surface area contributed by atoms with Crippen LogP contribution in [0, 0.1) is 10.1 Å². The summed E-state index contributed by atoms with van der Waals surface area (Å²) in [5.41, 5.74) is -1.30. The van der Waals surface area contributed by atoms with Crippen molar-refractivity contribution >= 4 is 17.3 Å². The van der Waals surface area contributed by atoms with Crippen LogP contribution in [-0.4, -0.2) is 10.1 Å². The number of nitro groups is 1. The molecule has 0 unspecified atom stereocenters. The summed E-state index contributed by atoms with van der Waals surface area (Å²) in [6, 6.07) is 2.39. The van der Waals surface area contributed by atoms with Gasteiger partial charge in [-0.1, -0.05) is 22.8 Å². The van der Waals surface area contributed by atoms with E-state index in [2.05, 4.69) is 5.16 Å². The van der Waals surface area contributed by atoms with Gasteiger partial charge in [-0.3, -0.25) is 10.1 Å². The Labute approximate surface area is 133 Å². The first kappa shape index (κ1) is 15.8. The highest BCUT2D eigenvalue weighted by atomic mass is 35.5. The Bertz CT molecular complexity index is 769. The fourth-order valence-corrected chi connectivity index (χ4v) is 2.57. The van der Waals surface area contributed by atoms with Crippen molar-refractivity contribution in [3.8, 4) is 0 Å². The van der Waals surface area contributed by atoms with Crippen LogP contribution in [0.15, 0.2) is 22.7 Å². The summed E-state index contributed by atoms with van der Waals surface area (Å²) < 4.78 is 43.2. The Kier molecular flexibility index (Phi) is 3.79. The molecule has 0 spiro atoms. The van der Waals surface area contributed by atoms with Crippen molar-refractivity contribution in [1.82, 2.24) is 5.16 Å². The molecule has 0 amide bonds. The Morgan fingerprint density at radius 3 is 2.65 bits per heavy atom. The normalized spacial score (nSPS) is 15.0. The van der Waals surface area contributed by atoms with Crippen molar-refractivity contribution in [3.05, 3.63) is 55.9 Å². The van der Waals surface area contributed by atoms with Gasteiger partial charge in [0, 0.05) is 24.0 Å². The van der Waals surface area contributed by atoms with Crippen LogP contribution in [0.1, 0.15) is 41.3 Å². The first-order valence-electron chi connectivity index (χ1n) is 6.76. The van der Waals surface area contributed by atoms with Crippen LogP contribution >= 0.6 is 11.6 Å². The van der Waals surface area contributed by atoms with Gasteiger partial charge in [0.05, 0.1) is 10.5 Å². The second-order valence-electron chi connectivity index (χ2n) is 5.36. The molecule has 0 atom stereocenters. The summed E-state index contributed by atoms with van der Waals surface area (Å²) in [5, 5.41) is 15.1. The third-order valence-corrected chi connectivity index (χ3v) is 4.04. The van der Waals surface area contributed by atoms with Crippen LogP contribution in [0.3, 0.4) is 0 Å². The zero-order valence-corrected chi connectivity index (χ0v) is 12.3. The van der Waals surface area contributed by atoms with E-state index in [1.54, 1.807) is 0 Å². The third kappa shape index (κ3) is 3.17. The fourth-order valence-electron chi connectivity index (χ4n) is 2.28. The minimum atomic E-state index is -4.64. The molecule has 0 bridgehead atoms. The number of aromatic nitrogens is 1. The third-order valence-electron chi connectivity index (χ3n) is 3.64. The predicted molar refractivity (Wildman–Crippen MR) is 74.4 cm³/mol. The Hall–Kier alpha value is -2.09. The second-order valence-corrected chi connectivity index (χ2v) is 5.73. The monoisotopic (exact) mass is 346 g/mol. The Morgan fingerprint density at radius 1 is 1.39 bits per heavy atom. The first-order valence-corrected chi connectivity index (χ1v) is 7.13. The molecule has 0 aliphatic heterocycles. The molecular weight excluding hydrogens is 337 g/mol. The lowest BCUT2D eigenvalue weighted by Gasteiger charge is -2.08. The van der Waals surface area contributed by atoms with Crippen LogP contribution in [0.4, 0.5) is 18.9 Å². The number of benzene rings is 1. The predicted octanol–water partition coefficient (Wildman–Crippen LogP) is 4.72. The average molecular weight is 347 g/mol. The van der Waals surface area contributed by atoms with Crippen molar-refractivity contribution in [3.63, 3.8) is 0 Å². The highest BCUT2D eigenvalue weighted by molar-refractivity contribution is 6.31. The molecule has 1 aromatic heterocycles. The molecule has 23 heavy (non-hydrogen) atoms. The molecule has 0 N–H and O–H groups in total. The van der Waals surface area contributed by atoms with E-state index in [0.717, 1.165) is 25.0 Å². The number of halogens is 4. The molecule has 1 aliphatic rings. The van der Waals surface area contributed by atoms with Crippen molar-refractivity contribution in [2.24, 2.45) is 0 Å². The molecule has 1 aliphatic carbocycles. The number of hydrogen-bond donors (Lipinski definition) is 0. The van der Waals surface area contributed by atoms with Crippen LogP contribution in [-0.2, 0) is 12.6 Å². The lowest BCUT2D eigenvalue weighted by atomic mass is 10.0. The van der Waals surface area contributed by atoms with E-state index in [1.165, 1.54) is 0 Å². The van der Waals surface area contributed by atoms with E-state index < -0.39 is 22.4 Å². The highest BCUT2D eigenvalue weighted by Crippen LogP contribution is 2.44. The minimum absolute atomic E-state index is 0.0660. The minimum Gasteiger partial charge on any atom is -0.359 e. The molecule has 2 aromatic rings. The lowest BCUT2D eigenvalue weighted by Crippen LogP contribution is -2.07. The topological polar surface area (TPSA) is 69.2 Å². The van der Waals surface area contributed by atoms with Gasteiger partial charge < -0.3 is 4.52 Å². The number of alkyl halides is 3. The number of rotatable bonds is 4. The van der Waals surface area contributed by atoms with Crippen LogP contribution in [0.25, 0.3) is 0 Å². The molecule has 1 fully saturated rings. The van der Waals surface area contributed by atoms with Crippen LogP contribution < -0.4 is 0 Å². The zero-order chi connectivity index (χ0) is 16.8. The van der Waals surface area contributed by atoms with Gasteiger partial charge in [0.25, 0.3) is 5.69 Å². The Balaban J connectivity index is 1.94. The maximum atomic E-state index is 12.7. The number of hydrogen-bond acceptors (Lipinski definition) is 4. The zero-order valence-electron chi connectivity index (χ0n) is 11.6. The molecule has 3 rings (SSSR count). The van der Waals surface area contributed by atoms with Crippen molar-refractivity contribution in [2.75, 3.05) is 0 Å². The number of nitro benzene ring substituents is 1. The standard InChI is InChI=1S/C14H10ClF3N2O3/c15-12-10(19-23-13(12)7-1-2-7)5-8-3-4-9(14(16,17)18)6-11(8)20(21)22/h3-4,6-7H,1-2,5H2. The summed E-state index contributed by atoms with van der Waals surface area (Å²) in [4.78, 5) is 10.2. The lowest BCUT2D eigenvalue weighted by molar-refractivity contribution is -0.385. The molecule has 1 saturated carbocycles. The van der Waals surface area contributed by atoms with Gasteiger partial charge >= 0.3 is 6.18 Å². The van der Waals surface area contributed by atoms with E-state index in [1.807, 2.05) is 0 Å². The summed E-state index contributed by atoms with van der Waals surface area (Å²) in [7, 11) is 0. The maximum absolute atomic E-state index is 12.7. The summed E-state index contributed by atoms with van der Waals surface area (Å²) in [6.07, 6.45) is -2.83. The SMILES string of the molecule is O=[N+]([O-])c1cc(C(F)(F)F)ccc1Cc1noc(C2CC2)c1Cl. The molecule has 0 radical (unpaired) electrons. The second kappa shape index (κ2) is 5.52. The van der Waals surface area contributed by atoms with Gasteiger partial charge in [0.2, 0.25) is 0 Å². The van der Waals surface area contributed by atoms with Gasteiger partial charge in [-0.15, -0.1) is 0 Å². The molecule has 1 aromatic carbocycles. The summed E-state index contributed by atoms with van der Waals surface area (Å²) >= 11 is 6.14. The molecule has 0 saturated heterocycles. The van der Waals surface area contributed by atoms with Gasteiger partial charge in [-0.25, -0.2) is 0 Å². The summed E-state index contributed by atoms with van der Waals surface area (Å²) in [6.45, 7) is 0. The van der Waals surface area contributed by atoms with E-state index in [0.29, 0.717) is 16.8 Å². The fraction of sp³-hybridized carbons (Fsp3) is 0.357. The van der Waals surface area contributed by atoms with Crippen molar-refractivity contribution < 1.29 is 22.6 Å². The van der Waals surface area contributed by atoms with Gasteiger partial charge in [-0.2, -0.15) is 13.2 Å². The molecule has 9 heteroatoms. The van der Waals surface area contributed by atoms with Crippen molar-refractivity contribution in [1.29, 1.82) is 0 Å². The smallest absolute Gasteiger partial charge is 0.359 e. The van der Waals surface area contributed by atoms with E-state index >= 15 is 0 Å². The summed E-state index contributed by atoms with van der Waals surface area (Å²) in [5.74, 6) is 0.752. The van der Waals surface area contributed by atoms with Crippen molar-refractivity contribution in [2.45, 2.75) is 31.4 Å². The number of nitrogens with zero attached hydrogens (tertiary/aromatic N) is 2. The maximum Gasteiger partial charge on any atom is 0.416 e. The van der Waals surface area contributed by atoms with E-state index in [4.69, 9.17) is 16.1 Å². The van der Waals surface area contributed by atoms with E-state index in [-0.39, 0.29) is 23.6 Å². The van der Waals surface area contributed by atoms with Gasteiger partial charge in [0.15, 0.2) is 5.76 Å². The van der Waals surface area contributed by atoms with Gasteiger partial charge in [-0.05, 0) is 18.9 Å². The molecule has 122 valence electrons. The molecule has 1 heterocycles. The Morgan fingerprint density at radius 2 is 2.09 bits per heavy atom. The average Bonchev–Trinajstić information content (AvgIpc) is 3.24.